The maximum atomic E-state index is 9.36. The lowest BCUT2D eigenvalue weighted by atomic mass is 9.54. The van der Waals surface area contributed by atoms with Crippen molar-refractivity contribution in [3.05, 3.63) is 126 Å². The van der Waals surface area contributed by atoms with E-state index in [-0.39, 0.29) is 0 Å². The normalized spacial score (nSPS) is 21.7. The monoisotopic (exact) mass is 650 g/mol. The van der Waals surface area contributed by atoms with Crippen molar-refractivity contribution in [2.45, 2.75) is 51.4 Å². The Morgan fingerprint density at radius 1 is 0.620 bits per heavy atom. The third kappa shape index (κ3) is 5.27. The molecule has 7 aromatic rings. The first-order chi connectivity index (χ1) is 24.5. The van der Waals surface area contributed by atoms with Gasteiger partial charge >= 0.3 is 0 Å². The second-order valence-corrected chi connectivity index (χ2v) is 14.8. The highest BCUT2D eigenvalue weighted by atomic mass is 16.3. The Balaban J connectivity index is 1.16. The Bertz CT molecular complexity index is 2380. The van der Waals surface area contributed by atoms with Gasteiger partial charge in [-0.15, -0.1) is 0 Å². The van der Waals surface area contributed by atoms with Gasteiger partial charge in [-0.3, -0.25) is 0 Å². The molecule has 2 aromatic heterocycles. The molecule has 2 fully saturated rings. The molecule has 5 heteroatoms. The summed E-state index contributed by atoms with van der Waals surface area (Å²) in [6, 6.07) is 41.5. The molecule has 50 heavy (non-hydrogen) atoms. The molecule has 5 aromatic carbocycles. The van der Waals surface area contributed by atoms with Gasteiger partial charge in [0, 0.05) is 33.0 Å². The molecule has 4 atom stereocenters. The van der Waals surface area contributed by atoms with Crippen LogP contribution >= 0.6 is 0 Å². The van der Waals surface area contributed by atoms with Gasteiger partial charge in [-0.1, -0.05) is 98.8 Å². The molecular formula is C45H38N4O. The average Bonchev–Trinajstić information content (AvgIpc) is 3.54. The summed E-state index contributed by atoms with van der Waals surface area (Å²) in [5.74, 6) is 4.14. The van der Waals surface area contributed by atoms with Crippen LogP contribution in [0, 0.1) is 29.1 Å². The molecule has 2 bridgehead atoms. The van der Waals surface area contributed by atoms with E-state index in [1.807, 2.05) is 54.6 Å². The van der Waals surface area contributed by atoms with Crippen LogP contribution in [0.25, 0.3) is 67.2 Å². The van der Waals surface area contributed by atoms with Crippen molar-refractivity contribution in [3.63, 3.8) is 0 Å². The summed E-state index contributed by atoms with van der Waals surface area (Å²) in [6.07, 6.45) is 6.69. The van der Waals surface area contributed by atoms with E-state index in [0.717, 1.165) is 67.5 Å². The van der Waals surface area contributed by atoms with Crippen molar-refractivity contribution in [2.24, 2.45) is 17.8 Å². The van der Waals surface area contributed by atoms with Gasteiger partial charge in [0.1, 0.15) is 11.2 Å². The van der Waals surface area contributed by atoms with Gasteiger partial charge in [-0.2, -0.15) is 5.26 Å². The van der Waals surface area contributed by atoms with Crippen LogP contribution in [-0.2, 0) is 5.41 Å². The molecule has 0 aliphatic heterocycles. The second-order valence-electron chi connectivity index (χ2n) is 14.8. The van der Waals surface area contributed by atoms with Crippen LogP contribution in [-0.4, -0.2) is 15.0 Å². The minimum absolute atomic E-state index is 0.304. The largest absolute Gasteiger partial charge is 0.455 e. The first-order valence-corrected chi connectivity index (χ1v) is 17.8. The lowest BCUT2D eigenvalue weighted by Crippen LogP contribution is -2.42. The molecule has 2 aliphatic rings. The van der Waals surface area contributed by atoms with Crippen LogP contribution in [0.3, 0.4) is 0 Å². The van der Waals surface area contributed by atoms with E-state index in [0.29, 0.717) is 28.5 Å². The lowest BCUT2D eigenvalue weighted by molar-refractivity contribution is 0.0780. The minimum atomic E-state index is 0.304. The van der Waals surface area contributed by atoms with Crippen LogP contribution in [0.15, 0.2) is 120 Å². The smallest absolute Gasteiger partial charge is 0.164 e. The fraction of sp³-hybridized carbons (Fsp3) is 0.244. The van der Waals surface area contributed by atoms with E-state index < -0.39 is 0 Å². The van der Waals surface area contributed by atoms with Gasteiger partial charge in [-0.25, -0.2) is 15.0 Å². The molecule has 2 heterocycles. The van der Waals surface area contributed by atoms with Crippen molar-refractivity contribution in [3.8, 4) is 51.4 Å². The van der Waals surface area contributed by atoms with Gasteiger partial charge in [-0.05, 0) is 96.7 Å². The van der Waals surface area contributed by atoms with Crippen LogP contribution in [0.1, 0.15) is 57.1 Å². The van der Waals surface area contributed by atoms with Gasteiger partial charge in [0.25, 0.3) is 0 Å². The van der Waals surface area contributed by atoms with E-state index in [1.54, 1.807) is 12.1 Å². The van der Waals surface area contributed by atoms with Gasteiger partial charge in [0.05, 0.1) is 11.6 Å². The zero-order valence-electron chi connectivity index (χ0n) is 28.4. The Morgan fingerprint density at radius 3 is 1.94 bits per heavy atom. The predicted molar refractivity (Wildman–Crippen MR) is 200 cm³/mol. The minimum Gasteiger partial charge on any atom is -0.455 e. The third-order valence-electron chi connectivity index (χ3n) is 11.1. The van der Waals surface area contributed by atoms with Crippen LogP contribution in [0.2, 0.25) is 0 Å². The second kappa shape index (κ2) is 12.1. The Hall–Kier alpha value is -5.60. The SMILES string of the molecule is C[C@@H]1CC2C[C@H](C)CC(c3ccc(-c4cccc5c4oc4cccc(-c6nc(-c7ccccc7)nc(-c7ccc(C#N)cc7)n6)c45)cc3)(C2)C1. The number of aromatic nitrogens is 3. The number of nitriles is 1. The molecule has 9 rings (SSSR count). The summed E-state index contributed by atoms with van der Waals surface area (Å²) in [5, 5.41) is 11.4. The number of hydrogen-bond donors (Lipinski definition) is 0. The van der Waals surface area contributed by atoms with Crippen LogP contribution < -0.4 is 0 Å². The Kier molecular flexibility index (Phi) is 7.35. The van der Waals surface area contributed by atoms with Crippen LogP contribution in [0.4, 0.5) is 0 Å². The molecule has 5 nitrogen and oxygen atoms in total. The van der Waals surface area contributed by atoms with E-state index in [2.05, 4.69) is 68.4 Å². The van der Waals surface area contributed by atoms with Crippen molar-refractivity contribution in [1.82, 2.24) is 15.0 Å². The molecule has 2 aliphatic carbocycles. The van der Waals surface area contributed by atoms with E-state index in [4.69, 9.17) is 19.4 Å². The van der Waals surface area contributed by atoms with E-state index in [9.17, 15) is 5.26 Å². The summed E-state index contributed by atoms with van der Waals surface area (Å²) in [6.45, 7) is 4.91. The van der Waals surface area contributed by atoms with Crippen LogP contribution in [0.5, 0.6) is 0 Å². The molecule has 0 radical (unpaired) electrons. The molecule has 0 amide bonds. The molecule has 244 valence electrons. The van der Waals surface area contributed by atoms with Gasteiger partial charge in [0.15, 0.2) is 17.5 Å². The third-order valence-corrected chi connectivity index (χ3v) is 11.1. The van der Waals surface area contributed by atoms with Gasteiger partial charge in [0.2, 0.25) is 0 Å². The molecule has 0 spiro atoms. The Morgan fingerprint density at radius 2 is 1.24 bits per heavy atom. The fourth-order valence-corrected chi connectivity index (χ4v) is 9.36. The maximum absolute atomic E-state index is 9.36. The molecule has 2 unspecified atom stereocenters. The average molecular weight is 651 g/mol. The molecular weight excluding hydrogens is 613 g/mol. The maximum Gasteiger partial charge on any atom is 0.164 e. The van der Waals surface area contributed by atoms with Crippen molar-refractivity contribution in [2.75, 3.05) is 0 Å². The highest BCUT2D eigenvalue weighted by Gasteiger charge is 2.45. The number of hydrogen-bond acceptors (Lipinski definition) is 5. The van der Waals surface area contributed by atoms with E-state index >= 15 is 0 Å². The summed E-state index contributed by atoms with van der Waals surface area (Å²) in [4.78, 5) is 14.9. The number of rotatable bonds is 5. The molecule has 0 N–H and O–H groups in total. The lowest BCUT2D eigenvalue weighted by Gasteiger charge is -2.50. The van der Waals surface area contributed by atoms with Crippen molar-refractivity contribution >= 4 is 21.9 Å². The Labute approximate surface area is 292 Å². The number of nitrogens with zero attached hydrogens (tertiary/aromatic N) is 4. The zero-order valence-corrected chi connectivity index (χ0v) is 28.4. The fourth-order valence-electron chi connectivity index (χ4n) is 9.36. The standard InChI is InChI=1S/C45H38N4O/c1-28-22-31-23-29(2)25-45(24-28,26-31)35-20-18-32(19-21-35)36-10-6-11-37-40-38(12-7-13-39(40)50-41(36)37)44-48-42(33-8-4-3-5-9-33)47-43(49-44)34-16-14-30(27-46)15-17-34/h3-21,28-29,31H,22-26H2,1-2H3/t28-,29+,31?,45?. The van der Waals surface area contributed by atoms with Crippen molar-refractivity contribution in [1.29, 1.82) is 5.26 Å². The number of fused-ring (bicyclic) bond motifs is 5. The number of benzene rings is 5. The van der Waals surface area contributed by atoms with E-state index in [1.165, 1.54) is 37.7 Å². The summed E-state index contributed by atoms with van der Waals surface area (Å²) in [7, 11) is 0. The molecule has 2 saturated carbocycles. The predicted octanol–water partition coefficient (Wildman–Crippen LogP) is 11.4. The highest BCUT2D eigenvalue weighted by Crippen LogP contribution is 2.54. The highest BCUT2D eigenvalue weighted by molar-refractivity contribution is 6.14. The van der Waals surface area contributed by atoms with Gasteiger partial charge < -0.3 is 4.42 Å². The first-order valence-electron chi connectivity index (χ1n) is 17.8. The molecule has 0 saturated heterocycles. The summed E-state index contributed by atoms with van der Waals surface area (Å²) in [5.41, 5.74) is 8.91. The topological polar surface area (TPSA) is 75.6 Å². The quantitative estimate of drug-likeness (QED) is 0.185. The summed E-state index contributed by atoms with van der Waals surface area (Å²) >= 11 is 0. The number of para-hydroxylation sites is 1. The number of furan rings is 1. The first kappa shape index (κ1) is 30.5. The summed E-state index contributed by atoms with van der Waals surface area (Å²) < 4.78 is 6.69. The zero-order chi connectivity index (χ0) is 33.8. The van der Waals surface area contributed by atoms with Crippen molar-refractivity contribution < 1.29 is 4.42 Å².